The van der Waals surface area contributed by atoms with E-state index in [1.54, 1.807) is 12.2 Å². The number of halogens is 1. The monoisotopic (exact) mass is 341 g/mol. The molecule has 2 aromatic rings. The summed E-state index contributed by atoms with van der Waals surface area (Å²) in [7, 11) is 0. The van der Waals surface area contributed by atoms with Gasteiger partial charge in [-0.1, -0.05) is 12.2 Å². The van der Waals surface area contributed by atoms with Gasteiger partial charge in [-0.25, -0.2) is 14.2 Å². The quantitative estimate of drug-likeness (QED) is 0.638. The predicted octanol–water partition coefficient (Wildman–Crippen LogP) is 2.03. The zero-order valence-electron chi connectivity index (χ0n) is 13.4. The lowest BCUT2D eigenvalue weighted by Crippen LogP contribution is -2.29. The van der Waals surface area contributed by atoms with Gasteiger partial charge in [-0.2, -0.15) is 0 Å². The van der Waals surface area contributed by atoms with Gasteiger partial charge in [0.1, 0.15) is 5.82 Å². The van der Waals surface area contributed by atoms with Gasteiger partial charge in [0.15, 0.2) is 0 Å². The van der Waals surface area contributed by atoms with Gasteiger partial charge in [0.05, 0.1) is 17.6 Å². The number of H-pyrrole nitrogens is 1. The Bertz CT molecular complexity index is 914. The number of hydrogen-bond acceptors (Lipinski definition) is 3. The molecule has 1 aromatic carbocycles. The molecular weight excluding hydrogens is 325 g/mol. The zero-order valence-corrected chi connectivity index (χ0v) is 13.4. The summed E-state index contributed by atoms with van der Waals surface area (Å²) in [6, 6.07) is 2.12. The highest BCUT2D eigenvalue weighted by molar-refractivity contribution is 6.35. The molecule has 5 N–H and O–H groups in total. The number of nitrogens with one attached hydrogen (secondary N) is 3. The fraction of sp³-hybridized carbons (Fsp3) is 0.118. The number of hydrogen-bond donors (Lipinski definition) is 4. The molecule has 0 spiro atoms. The summed E-state index contributed by atoms with van der Waals surface area (Å²) in [6.07, 6.45) is 6.21. The Morgan fingerprint density at radius 3 is 2.92 bits per heavy atom. The fourth-order valence-corrected chi connectivity index (χ4v) is 2.58. The number of carbonyl (C=O) groups excluding carboxylic acids is 2. The normalized spacial score (nSPS) is 14.8. The molecule has 0 fully saturated rings. The number of aryl methyl sites for hydroxylation is 1. The summed E-state index contributed by atoms with van der Waals surface area (Å²) >= 11 is 0. The van der Waals surface area contributed by atoms with Crippen molar-refractivity contribution in [3.8, 4) is 0 Å². The average Bonchev–Trinajstić information content (AvgIpc) is 3.10. The number of nitrogens with zero attached hydrogens (tertiary/aromatic N) is 1. The molecule has 0 atom stereocenters. The number of fused-ring (bicyclic) bond motifs is 1. The van der Waals surface area contributed by atoms with Crippen LogP contribution in [0.2, 0.25) is 0 Å². The minimum atomic E-state index is -0.671. The van der Waals surface area contributed by atoms with E-state index >= 15 is 0 Å². The number of benzene rings is 1. The maximum absolute atomic E-state index is 14.3. The van der Waals surface area contributed by atoms with Crippen molar-refractivity contribution in [2.75, 3.05) is 11.9 Å². The summed E-state index contributed by atoms with van der Waals surface area (Å²) in [6.45, 7) is 1.98. The maximum Gasteiger partial charge on any atom is 0.312 e. The van der Waals surface area contributed by atoms with Crippen LogP contribution in [0.15, 0.2) is 24.5 Å². The van der Waals surface area contributed by atoms with E-state index in [4.69, 9.17) is 5.73 Å². The van der Waals surface area contributed by atoms with Gasteiger partial charge in [0.2, 0.25) is 0 Å². The first-order chi connectivity index (χ1) is 12.0. The fourth-order valence-electron chi connectivity index (χ4n) is 2.58. The SMILES string of the molecule is Cc1[nH]cnc1/C=C1\C(=O)Nc2ccc(F)c(/C=C/CNC(N)=O)c21. The highest BCUT2D eigenvalue weighted by Crippen LogP contribution is 2.37. The third-order valence-corrected chi connectivity index (χ3v) is 3.78. The van der Waals surface area contributed by atoms with Crippen LogP contribution in [0.25, 0.3) is 17.7 Å². The Kier molecular flexibility index (Phi) is 4.34. The van der Waals surface area contributed by atoms with Crippen molar-refractivity contribution >= 4 is 35.4 Å². The minimum Gasteiger partial charge on any atom is -0.352 e. The maximum atomic E-state index is 14.3. The molecule has 0 radical (unpaired) electrons. The van der Waals surface area contributed by atoms with Crippen molar-refractivity contribution < 1.29 is 14.0 Å². The van der Waals surface area contributed by atoms with Gasteiger partial charge >= 0.3 is 6.03 Å². The highest BCUT2D eigenvalue weighted by atomic mass is 19.1. The molecule has 3 rings (SSSR count). The molecule has 0 saturated heterocycles. The summed E-state index contributed by atoms with van der Waals surface area (Å²) in [5.41, 5.74) is 7.95. The molecule has 7 nitrogen and oxygen atoms in total. The number of primary amides is 1. The van der Waals surface area contributed by atoms with E-state index in [-0.39, 0.29) is 18.0 Å². The molecule has 2 heterocycles. The number of anilines is 1. The molecule has 0 unspecified atom stereocenters. The van der Waals surface area contributed by atoms with Crippen LogP contribution in [-0.2, 0) is 4.79 Å². The largest absolute Gasteiger partial charge is 0.352 e. The first-order valence-electron chi connectivity index (χ1n) is 7.53. The number of aromatic nitrogens is 2. The molecule has 1 aliphatic heterocycles. The van der Waals surface area contributed by atoms with Crippen molar-refractivity contribution in [2.45, 2.75) is 6.92 Å². The van der Waals surface area contributed by atoms with Gasteiger partial charge < -0.3 is 21.4 Å². The number of amides is 3. The summed E-state index contributed by atoms with van der Waals surface area (Å²) in [5.74, 6) is -0.803. The van der Waals surface area contributed by atoms with Crippen LogP contribution in [0.1, 0.15) is 22.5 Å². The van der Waals surface area contributed by atoms with E-state index in [9.17, 15) is 14.0 Å². The van der Waals surface area contributed by atoms with Crippen molar-refractivity contribution in [3.63, 3.8) is 0 Å². The topological polar surface area (TPSA) is 113 Å². The minimum absolute atomic E-state index is 0.150. The molecule has 25 heavy (non-hydrogen) atoms. The summed E-state index contributed by atoms with van der Waals surface area (Å²) in [4.78, 5) is 30.1. The number of carbonyl (C=O) groups is 2. The van der Waals surface area contributed by atoms with Crippen LogP contribution in [0.4, 0.5) is 14.9 Å². The average molecular weight is 341 g/mol. The molecule has 3 amide bonds. The zero-order chi connectivity index (χ0) is 18.0. The lowest BCUT2D eigenvalue weighted by atomic mass is 9.98. The molecule has 0 saturated carbocycles. The van der Waals surface area contributed by atoms with Crippen LogP contribution < -0.4 is 16.4 Å². The second kappa shape index (κ2) is 6.60. The Balaban J connectivity index is 2.04. The van der Waals surface area contributed by atoms with E-state index in [1.165, 1.54) is 24.5 Å². The molecule has 1 aliphatic rings. The second-order valence-corrected chi connectivity index (χ2v) is 5.46. The van der Waals surface area contributed by atoms with Gasteiger partial charge in [-0.3, -0.25) is 4.79 Å². The molecule has 0 bridgehead atoms. The highest BCUT2D eigenvalue weighted by Gasteiger charge is 2.28. The van der Waals surface area contributed by atoms with Gasteiger partial charge in [0, 0.05) is 29.1 Å². The standard InChI is InChI=1S/C17H16FN5O2/c1-9-14(22-8-21-9)7-11-15-10(3-2-6-20-17(19)25)12(18)4-5-13(15)23-16(11)24/h2-5,7-8H,6H2,1H3,(H,21,22)(H,23,24)(H3,19,20,25)/b3-2+,11-7-. The number of aromatic amines is 1. The summed E-state index contributed by atoms with van der Waals surface area (Å²) in [5, 5.41) is 5.11. The first-order valence-corrected chi connectivity index (χ1v) is 7.53. The third-order valence-electron chi connectivity index (χ3n) is 3.78. The molecular formula is C17H16FN5O2. The van der Waals surface area contributed by atoms with Crippen molar-refractivity contribution in [2.24, 2.45) is 5.73 Å². The second-order valence-electron chi connectivity index (χ2n) is 5.46. The number of imidazole rings is 1. The Hall–Kier alpha value is -3.42. The smallest absolute Gasteiger partial charge is 0.312 e. The Labute approximate surface area is 142 Å². The van der Waals surface area contributed by atoms with Gasteiger partial charge in [-0.05, 0) is 25.1 Å². The molecule has 1 aromatic heterocycles. The lowest BCUT2D eigenvalue weighted by molar-refractivity contribution is -0.110. The molecule has 128 valence electrons. The number of urea groups is 1. The van der Waals surface area contributed by atoms with Crippen molar-refractivity contribution in [3.05, 3.63) is 52.9 Å². The van der Waals surface area contributed by atoms with E-state index in [1.807, 2.05) is 6.92 Å². The Morgan fingerprint density at radius 1 is 1.44 bits per heavy atom. The number of nitrogens with two attached hydrogens (primary N) is 1. The Morgan fingerprint density at radius 2 is 2.24 bits per heavy atom. The van der Waals surface area contributed by atoms with E-state index in [0.717, 1.165) is 5.69 Å². The van der Waals surface area contributed by atoms with E-state index < -0.39 is 11.8 Å². The third kappa shape index (κ3) is 3.27. The molecule has 8 heteroatoms. The van der Waals surface area contributed by atoms with Crippen LogP contribution in [0.5, 0.6) is 0 Å². The van der Waals surface area contributed by atoms with Crippen LogP contribution >= 0.6 is 0 Å². The predicted molar refractivity (Wildman–Crippen MR) is 92.8 cm³/mol. The molecule has 0 aliphatic carbocycles. The van der Waals surface area contributed by atoms with Crippen molar-refractivity contribution in [1.82, 2.24) is 15.3 Å². The van der Waals surface area contributed by atoms with E-state index in [0.29, 0.717) is 22.5 Å². The lowest BCUT2D eigenvalue weighted by Gasteiger charge is -2.06. The van der Waals surface area contributed by atoms with Crippen LogP contribution in [0.3, 0.4) is 0 Å². The first kappa shape index (κ1) is 16.4. The van der Waals surface area contributed by atoms with Crippen LogP contribution in [-0.4, -0.2) is 28.5 Å². The summed E-state index contributed by atoms with van der Waals surface area (Å²) < 4.78 is 14.3. The van der Waals surface area contributed by atoms with Crippen molar-refractivity contribution in [1.29, 1.82) is 0 Å². The van der Waals surface area contributed by atoms with Gasteiger partial charge in [-0.15, -0.1) is 0 Å². The number of rotatable bonds is 4. The van der Waals surface area contributed by atoms with Crippen LogP contribution in [0, 0.1) is 12.7 Å². The van der Waals surface area contributed by atoms with E-state index in [2.05, 4.69) is 20.6 Å². The van der Waals surface area contributed by atoms with Gasteiger partial charge in [0.25, 0.3) is 5.91 Å².